The van der Waals surface area contributed by atoms with E-state index in [1.165, 1.54) is 73.5 Å². The fourth-order valence-corrected chi connectivity index (χ4v) is 2.95. The molecular weight excluding hydrogens is 244 g/mol. The van der Waals surface area contributed by atoms with E-state index in [-0.39, 0.29) is 0 Å². The number of ether oxygens (including phenoxy) is 1. The topological polar surface area (TPSA) is 9.23 Å². The standard InChI is InChI=1S/C19H29O/c1-4-7-10-15-13-14-16-17(11-8-5-2)20-18(19(15)16)12-9-6-3/h13-14H,4-12H2,1-3H3. The Morgan fingerprint density at radius 1 is 0.800 bits per heavy atom. The van der Waals surface area contributed by atoms with Crippen molar-refractivity contribution in [1.82, 2.24) is 0 Å². The summed E-state index contributed by atoms with van der Waals surface area (Å²) >= 11 is 0. The fourth-order valence-electron chi connectivity index (χ4n) is 2.95. The Bertz CT molecular complexity index is 411. The summed E-state index contributed by atoms with van der Waals surface area (Å²) in [7, 11) is 0. The molecule has 0 unspecified atom stereocenters. The Kier molecular flexibility index (Phi) is 5.94. The molecule has 0 N–H and O–H groups in total. The Balaban J connectivity index is 2.09. The van der Waals surface area contributed by atoms with Crippen molar-refractivity contribution in [3.8, 4) is 0 Å². The van der Waals surface area contributed by atoms with Crippen LogP contribution in [0.25, 0.3) is 0 Å². The van der Waals surface area contributed by atoms with Crippen LogP contribution in [0.5, 0.6) is 0 Å². The number of unbranched alkanes of at least 4 members (excludes halogenated alkanes) is 3. The Morgan fingerprint density at radius 2 is 1.45 bits per heavy atom. The molecule has 0 aromatic rings. The van der Waals surface area contributed by atoms with Crippen molar-refractivity contribution in [2.75, 3.05) is 0 Å². The molecule has 1 aliphatic carbocycles. The second-order valence-electron chi connectivity index (χ2n) is 5.91. The van der Waals surface area contributed by atoms with Crippen LogP contribution in [0, 0.1) is 6.10 Å². The van der Waals surface area contributed by atoms with Gasteiger partial charge in [0, 0.05) is 17.6 Å². The van der Waals surface area contributed by atoms with E-state index in [4.69, 9.17) is 4.74 Å². The van der Waals surface area contributed by atoms with Crippen molar-refractivity contribution in [3.63, 3.8) is 0 Å². The largest absolute Gasteiger partial charge is 0.482 e. The maximum absolute atomic E-state index is 6.23. The monoisotopic (exact) mass is 273 g/mol. The van der Waals surface area contributed by atoms with Crippen LogP contribution >= 0.6 is 0 Å². The number of fused-ring (bicyclic) bond motifs is 1. The highest BCUT2D eigenvalue weighted by molar-refractivity contribution is 5.63. The first-order valence-electron chi connectivity index (χ1n) is 8.50. The molecule has 111 valence electrons. The summed E-state index contributed by atoms with van der Waals surface area (Å²) in [6.45, 7) is 6.76. The van der Waals surface area contributed by atoms with Crippen LogP contribution in [-0.2, 0) is 4.74 Å². The van der Waals surface area contributed by atoms with Gasteiger partial charge in [-0.15, -0.1) is 0 Å². The molecule has 2 aliphatic rings. The first kappa shape index (κ1) is 15.4. The Labute approximate surface area is 124 Å². The number of hydrogen-bond donors (Lipinski definition) is 0. The van der Waals surface area contributed by atoms with Gasteiger partial charge in [0.1, 0.15) is 5.76 Å². The van der Waals surface area contributed by atoms with E-state index in [2.05, 4.69) is 32.9 Å². The molecule has 2 rings (SSSR count). The van der Waals surface area contributed by atoms with Crippen molar-refractivity contribution >= 4 is 0 Å². The highest BCUT2D eigenvalue weighted by atomic mass is 16.5. The van der Waals surface area contributed by atoms with Crippen LogP contribution in [-0.4, -0.2) is 0 Å². The third kappa shape index (κ3) is 3.37. The molecule has 0 saturated carbocycles. The average Bonchev–Trinajstić information content (AvgIpc) is 3.02. The predicted molar refractivity (Wildman–Crippen MR) is 86.1 cm³/mol. The van der Waals surface area contributed by atoms with Gasteiger partial charge >= 0.3 is 0 Å². The molecule has 0 amide bonds. The molecule has 1 radical (unpaired) electrons. The SMILES string of the molecule is CCCC[C]1OC(CCCC)=C2C(CCCC)=CC=C12. The fraction of sp³-hybridized carbons (Fsp3) is 0.632. The smallest absolute Gasteiger partial charge is 0.178 e. The van der Waals surface area contributed by atoms with Gasteiger partial charge in [0.05, 0.1) is 0 Å². The van der Waals surface area contributed by atoms with E-state index in [0.717, 1.165) is 12.8 Å². The second kappa shape index (κ2) is 7.71. The average molecular weight is 273 g/mol. The van der Waals surface area contributed by atoms with Gasteiger partial charge in [0.25, 0.3) is 0 Å². The van der Waals surface area contributed by atoms with Gasteiger partial charge in [0.2, 0.25) is 0 Å². The van der Waals surface area contributed by atoms with Gasteiger partial charge < -0.3 is 4.74 Å². The summed E-state index contributed by atoms with van der Waals surface area (Å²) in [5, 5.41) is 0. The molecular formula is C19H29O. The van der Waals surface area contributed by atoms with Crippen molar-refractivity contribution in [3.05, 3.63) is 40.7 Å². The van der Waals surface area contributed by atoms with E-state index in [0.29, 0.717) is 0 Å². The van der Waals surface area contributed by atoms with Crippen LogP contribution in [0.4, 0.5) is 0 Å². The zero-order valence-electron chi connectivity index (χ0n) is 13.4. The maximum Gasteiger partial charge on any atom is 0.178 e. The zero-order valence-corrected chi connectivity index (χ0v) is 13.4. The third-order valence-corrected chi connectivity index (χ3v) is 4.18. The van der Waals surface area contributed by atoms with Crippen LogP contribution in [0.15, 0.2) is 34.6 Å². The van der Waals surface area contributed by atoms with Crippen molar-refractivity contribution in [1.29, 1.82) is 0 Å². The molecule has 1 aliphatic heterocycles. The second-order valence-corrected chi connectivity index (χ2v) is 5.91. The van der Waals surface area contributed by atoms with E-state index in [9.17, 15) is 0 Å². The zero-order chi connectivity index (χ0) is 14.4. The summed E-state index contributed by atoms with van der Waals surface area (Å²) in [5.41, 5.74) is 4.37. The lowest BCUT2D eigenvalue weighted by molar-refractivity contribution is 0.232. The summed E-state index contributed by atoms with van der Waals surface area (Å²) < 4.78 is 6.23. The molecule has 0 atom stereocenters. The summed E-state index contributed by atoms with van der Waals surface area (Å²) in [6, 6.07) is 0. The van der Waals surface area contributed by atoms with E-state index >= 15 is 0 Å². The number of hydrogen-bond acceptors (Lipinski definition) is 1. The number of rotatable bonds is 9. The van der Waals surface area contributed by atoms with E-state index in [1.807, 2.05) is 0 Å². The molecule has 0 fully saturated rings. The third-order valence-electron chi connectivity index (χ3n) is 4.18. The predicted octanol–water partition coefficient (Wildman–Crippen LogP) is 6.24. The van der Waals surface area contributed by atoms with Gasteiger partial charge in [-0.25, -0.2) is 0 Å². The first-order chi connectivity index (χ1) is 9.81. The van der Waals surface area contributed by atoms with Gasteiger partial charge in [-0.05, 0) is 37.7 Å². The van der Waals surface area contributed by atoms with Gasteiger partial charge in [0.15, 0.2) is 6.10 Å². The molecule has 0 spiro atoms. The molecule has 0 saturated heterocycles. The highest BCUT2D eigenvalue weighted by Gasteiger charge is 2.35. The minimum atomic E-state index is 1.09. The lowest BCUT2D eigenvalue weighted by Gasteiger charge is -2.11. The van der Waals surface area contributed by atoms with Crippen LogP contribution in [0.2, 0.25) is 0 Å². The molecule has 1 heterocycles. The van der Waals surface area contributed by atoms with E-state index in [1.54, 1.807) is 0 Å². The number of allylic oxidation sites excluding steroid dienone is 4. The Hall–Kier alpha value is -0.980. The molecule has 0 bridgehead atoms. The molecule has 20 heavy (non-hydrogen) atoms. The van der Waals surface area contributed by atoms with E-state index < -0.39 is 0 Å². The van der Waals surface area contributed by atoms with Crippen LogP contribution < -0.4 is 0 Å². The molecule has 1 heteroatoms. The lowest BCUT2D eigenvalue weighted by Crippen LogP contribution is -1.98. The van der Waals surface area contributed by atoms with Crippen LogP contribution in [0.1, 0.15) is 78.6 Å². The Morgan fingerprint density at radius 3 is 2.15 bits per heavy atom. The maximum atomic E-state index is 6.23. The normalized spacial score (nSPS) is 18.1. The minimum Gasteiger partial charge on any atom is -0.482 e. The summed E-state index contributed by atoms with van der Waals surface area (Å²) in [6.07, 6.45) is 16.7. The molecule has 1 nitrogen and oxygen atoms in total. The first-order valence-corrected chi connectivity index (χ1v) is 8.50. The van der Waals surface area contributed by atoms with Gasteiger partial charge in [-0.1, -0.05) is 52.2 Å². The minimum absolute atomic E-state index is 1.09. The summed E-state index contributed by atoms with van der Waals surface area (Å²) in [4.78, 5) is 0. The van der Waals surface area contributed by atoms with Gasteiger partial charge in [-0.3, -0.25) is 0 Å². The van der Waals surface area contributed by atoms with Crippen LogP contribution in [0.3, 0.4) is 0 Å². The van der Waals surface area contributed by atoms with Crippen molar-refractivity contribution in [2.45, 2.75) is 78.6 Å². The van der Waals surface area contributed by atoms with Crippen molar-refractivity contribution < 1.29 is 4.74 Å². The van der Waals surface area contributed by atoms with Gasteiger partial charge in [-0.2, -0.15) is 0 Å². The lowest BCUT2D eigenvalue weighted by atomic mass is 9.94. The summed E-state index contributed by atoms with van der Waals surface area (Å²) in [5.74, 6) is 1.25. The highest BCUT2D eigenvalue weighted by Crippen LogP contribution is 2.47. The quantitative estimate of drug-likeness (QED) is 0.483. The molecule has 0 aromatic carbocycles. The van der Waals surface area contributed by atoms with Crippen molar-refractivity contribution in [2.24, 2.45) is 0 Å². The molecule has 0 aromatic heterocycles.